The van der Waals surface area contributed by atoms with Gasteiger partial charge in [0.2, 0.25) is 6.23 Å². The summed E-state index contributed by atoms with van der Waals surface area (Å²) in [6, 6.07) is 20.1. The predicted octanol–water partition coefficient (Wildman–Crippen LogP) is 4.98. The second kappa shape index (κ2) is 6.15. The zero-order valence-electron chi connectivity index (χ0n) is 13.9. The van der Waals surface area contributed by atoms with Crippen LogP contribution in [0.1, 0.15) is 35.4 Å². The number of ether oxygens (including phenoxy) is 1. The summed E-state index contributed by atoms with van der Waals surface area (Å²) in [5.74, 6) is 0.856. The van der Waals surface area contributed by atoms with E-state index in [-0.39, 0.29) is 12.3 Å². The molecule has 26 heavy (non-hydrogen) atoms. The molecule has 0 amide bonds. The lowest BCUT2D eigenvalue weighted by atomic mass is 9.96. The molecule has 0 fully saturated rings. The number of nitrogens with zero attached hydrogens (tertiary/aromatic N) is 3. The Labute approximate surface area is 156 Å². The van der Waals surface area contributed by atoms with Crippen molar-refractivity contribution < 1.29 is 4.74 Å². The van der Waals surface area contributed by atoms with E-state index in [1.807, 2.05) is 59.7 Å². The summed E-state index contributed by atoms with van der Waals surface area (Å²) in [7, 11) is 0. The number of fused-ring (bicyclic) bond motifs is 3. The molecular weight excluding hydrogens is 346 g/mol. The highest BCUT2D eigenvalue weighted by atomic mass is 35.5. The van der Waals surface area contributed by atoms with Crippen molar-refractivity contribution in [2.75, 3.05) is 0 Å². The first-order valence-corrected chi connectivity index (χ1v) is 8.95. The highest BCUT2D eigenvalue weighted by Crippen LogP contribution is 2.47. The van der Waals surface area contributed by atoms with Crippen molar-refractivity contribution in [1.82, 2.24) is 9.99 Å². The molecule has 5 heteroatoms. The third-order valence-electron chi connectivity index (χ3n) is 4.83. The predicted molar refractivity (Wildman–Crippen MR) is 101 cm³/mol. The maximum atomic E-state index is 6.29. The summed E-state index contributed by atoms with van der Waals surface area (Å²) < 4.78 is 6.29. The molecule has 0 saturated heterocycles. The summed E-state index contributed by atoms with van der Waals surface area (Å²) >= 11 is 6.25. The molecule has 0 saturated carbocycles. The first-order valence-electron chi connectivity index (χ1n) is 8.57. The van der Waals surface area contributed by atoms with E-state index in [9.17, 15) is 0 Å². The Morgan fingerprint density at radius 3 is 2.73 bits per heavy atom. The van der Waals surface area contributed by atoms with Crippen LogP contribution in [0, 0.1) is 0 Å². The van der Waals surface area contributed by atoms with E-state index in [0.29, 0.717) is 5.02 Å². The van der Waals surface area contributed by atoms with Crippen LogP contribution in [-0.2, 0) is 0 Å². The molecule has 2 aromatic carbocycles. The van der Waals surface area contributed by atoms with Crippen LogP contribution in [0.15, 0.2) is 78.2 Å². The molecule has 3 heterocycles. The van der Waals surface area contributed by atoms with E-state index >= 15 is 0 Å². The largest absolute Gasteiger partial charge is 0.464 e. The Balaban J connectivity index is 1.62. The van der Waals surface area contributed by atoms with Gasteiger partial charge in [-0.25, -0.2) is 5.01 Å². The maximum Gasteiger partial charge on any atom is 0.215 e. The third-order valence-corrected chi connectivity index (χ3v) is 5.06. The summed E-state index contributed by atoms with van der Waals surface area (Å²) in [5.41, 5.74) is 4.25. The van der Waals surface area contributed by atoms with Gasteiger partial charge in [0.25, 0.3) is 0 Å². The lowest BCUT2D eigenvalue weighted by Gasteiger charge is -2.38. The van der Waals surface area contributed by atoms with Gasteiger partial charge in [-0.05, 0) is 29.8 Å². The van der Waals surface area contributed by atoms with E-state index in [4.69, 9.17) is 21.4 Å². The van der Waals surface area contributed by atoms with Gasteiger partial charge in [-0.2, -0.15) is 5.10 Å². The molecule has 0 bridgehead atoms. The van der Waals surface area contributed by atoms with Crippen molar-refractivity contribution in [1.29, 1.82) is 0 Å². The highest BCUT2D eigenvalue weighted by Gasteiger charge is 2.41. The molecule has 2 aliphatic rings. The van der Waals surface area contributed by atoms with Gasteiger partial charge in [0.1, 0.15) is 5.75 Å². The van der Waals surface area contributed by atoms with Crippen LogP contribution in [0.2, 0.25) is 5.02 Å². The number of hydrogen-bond donors (Lipinski definition) is 0. The molecule has 3 aromatic rings. The van der Waals surface area contributed by atoms with Gasteiger partial charge in [-0.1, -0.05) is 48.0 Å². The van der Waals surface area contributed by atoms with Crippen molar-refractivity contribution in [2.24, 2.45) is 5.10 Å². The quantitative estimate of drug-likeness (QED) is 0.646. The van der Waals surface area contributed by atoms with Crippen LogP contribution in [0.4, 0.5) is 0 Å². The van der Waals surface area contributed by atoms with Gasteiger partial charge in [-0.3, -0.25) is 4.98 Å². The standard InChI is InChI=1S/C21H16ClN3O/c22-16-8-9-20-17(11-16)19-12-18(14-5-2-1-3-6-14)24-25(19)21(26-20)15-7-4-10-23-13-15/h1-11,13,19,21H,12H2/t19-,21-/m1/s1. The highest BCUT2D eigenvalue weighted by molar-refractivity contribution is 6.30. The fraction of sp³-hybridized carbons (Fsp3) is 0.143. The minimum atomic E-state index is -0.302. The van der Waals surface area contributed by atoms with Gasteiger partial charge in [0.05, 0.1) is 11.8 Å². The van der Waals surface area contributed by atoms with E-state index in [1.165, 1.54) is 0 Å². The Morgan fingerprint density at radius 1 is 1.04 bits per heavy atom. The Hall–Kier alpha value is -2.85. The van der Waals surface area contributed by atoms with E-state index in [2.05, 4.69) is 17.1 Å². The number of pyridine rings is 1. The van der Waals surface area contributed by atoms with Crippen LogP contribution in [0.3, 0.4) is 0 Å². The van der Waals surface area contributed by atoms with Gasteiger partial charge < -0.3 is 4.74 Å². The molecule has 2 aliphatic heterocycles. The molecule has 128 valence electrons. The zero-order valence-corrected chi connectivity index (χ0v) is 14.7. The molecule has 4 nitrogen and oxygen atoms in total. The summed E-state index contributed by atoms with van der Waals surface area (Å²) in [6.07, 6.45) is 4.11. The smallest absolute Gasteiger partial charge is 0.215 e. The maximum absolute atomic E-state index is 6.29. The minimum absolute atomic E-state index is 0.0952. The van der Waals surface area contributed by atoms with E-state index in [1.54, 1.807) is 6.20 Å². The second-order valence-corrected chi connectivity index (χ2v) is 6.89. The number of hydrazone groups is 1. The van der Waals surface area contributed by atoms with Crippen LogP contribution in [0.25, 0.3) is 0 Å². The average molecular weight is 362 g/mol. The summed E-state index contributed by atoms with van der Waals surface area (Å²) in [6.45, 7) is 0. The molecule has 0 unspecified atom stereocenters. The van der Waals surface area contributed by atoms with Crippen LogP contribution in [0.5, 0.6) is 5.75 Å². The number of rotatable bonds is 2. The molecule has 2 atom stereocenters. The average Bonchev–Trinajstić information content (AvgIpc) is 3.15. The Bertz CT molecular complexity index is 975. The molecule has 0 N–H and O–H groups in total. The van der Waals surface area contributed by atoms with E-state index < -0.39 is 0 Å². The van der Waals surface area contributed by atoms with Crippen molar-refractivity contribution in [3.05, 3.63) is 94.8 Å². The topological polar surface area (TPSA) is 37.7 Å². The second-order valence-electron chi connectivity index (χ2n) is 6.45. The van der Waals surface area contributed by atoms with Gasteiger partial charge in [-0.15, -0.1) is 0 Å². The van der Waals surface area contributed by atoms with E-state index in [0.717, 1.165) is 34.6 Å². The number of benzene rings is 2. The molecule has 0 radical (unpaired) electrons. The normalized spacial score (nSPS) is 20.8. The van der Waals surface area contributed by atoms with Gasteiger partial charge in [0.15, 0.2) is 0 Å². The van der Waals surface area contributed by atoms with Crippen LogP contribution >= 0.6 is 11.6 Å². The van der Waals surface area contributed by atoms with Crippen LogP contribution < -0.4 is 4.74 Å². The molecule has 0 spiro atoms. The monoisotopic (exact) mass is 361 g/mol. The van der Waals surface area contributed by atoms with Crippen molar-refractivity contribution in [3.8, 4) is 5.75 Å². The van der Waals surface area contributed by atoms with Crippen LogP contribution in [-0.4, -0.2) is 15.7 Å². The Kier molecular flexibility index (Phi) is 3.64. The molecule has 5 rings (SSSR count). The minimum Gasteiger partial charge on any atom is -0.464 e. The lowest BCUT2D eigenvalue weighted by molar-refractivity contribution is -0.0192. The summed E-state index contributed by atoms with van der Waals surface area (Å²) in [5, 5.41) is 7.67. The fourth-order valence-electron chi connectivity index (χ4n) is 3.61. The first kappa shape index (κ1) is 15.4. The zero-order chi connectivity index (χ0) is 17.5. The summed E-state index contributed by atoms with van der Waals surface area (Å²) in [4.78, 5) is 4.25. The molecular formula is C21H16ClN3O. The molecule has 0 aliphatic carbocycles. The number of halogens is 1. The Morgan fingerprint density at radius 2 is 1.92 bits per heavy atom. The number of aromatic nitrogens is 1. The first-order chi connectivity index (χ1) is 12.8. The van der Waals surface area contributed by atoms with Gasteiger partial charge in [0, 0.05) is 35.0 Å². The number of hydrogen-bond acceptors (Lipinski definition) is 4. The fourth-order valence-corrected chi connectivity index (χ4v) is 3.79. The van der Waals surface area contributed by atoms with Gasteiger partial charge >= 0.3 is 0 Å². The van der Waals surface area contributed by atoms with Crippen molar-refractivity contribution in [2.45, 2.75) is 18.7 Å². The lowest BCUT2D eigenvalue weighted by Crippen LogP contribution is -2.33. The SMILES string of the molecule is Clc1ccc2c(c1)[C@H]1CC(c3ccccc3)=NN1[C@@H](c1cccnc1)O2. The van der Waals surface area contributed by atoms with Crippen molar-refractivity contribution >= 4 is 17.3 Å². The van der Waals surface area contributed by atoms with Crippen molar-refractivity contribution in [3.63, 3.8) is 0 Å². The molecule has 1 aromatic heterocycles. The third kappa shape index (κ3) is 2.54.